The largest absolute Gasteiger partial charge is 0.394 e. The average molecular weight is 882 g/mol. The van der Waals surface area contributed by atoms with Gasteiger partial charge in [-0.15, -0.1) is 0 Å². The Morgan fingerprint density at radius 1 is 0.565 bits per heavy atom. The number of rotatable bonds is 42. The number of unbranched alkanes of at least 4 members (excludes halogenated alkanes) is 24. The Bertz CT molecular complexity index is 1100. The van der Waals surface area contributed by atoms with Gasteiger partial charge in [-0.1, -0.05) is 179 Å². The average Bonchev–Trinajstić information content (AvgIpc) is 3.27. The van der Waals surface area contributed by atoms with E-state index in [1.807, 2.05) is 0 Å². The summed E-state index contributed by atoms with van der Waals surface area (Å²) in [5.74, 6) is -0.715. The molecule has 8 N–H and O–H groups in total. The molecule has 364 valence electrons. The van der Waals surface area contributed by atoms with Crippen LogP contribution in [0.2, 0.25) is 0 Å². The monoisotopic (exact) mass is 882 g/mol. The minimum Gasteiger partial charge on any atom is -0.394 e. The van der Waals surface area contributed by atoms with Gasteiger partial charge in [0.15, 0.2) is 6.29 Å². The highest BCUT2D eigenvalue weighted by atomic mass is 16.7. The van der Waals surface area contributed by atoms with Crippen LogP contribution >= 0.6 is 0 Å². The SMILES string of the molecule is CCCCCCCCCC/C=C/CCCC(O)C(O)C(COC1OC(CO)C(O)C(O)C1O)NC(=O)C(O)CCCCCCCC/C=C\C/C=C\CCCCCCCCCCC. The molecule has 0 aromatic heterocycles. The number of hydrogen-bond donors (Lipinski definition) is 8. The summed E-state index contributed by atoms with van der Waals surface area (Å²) in [5.41, 5.74) is 0. The summed E-state index contributed by atoms with van der Waals surface area (Å²) < 4.78 is 11.1. The highest BCUT2D eigenvalue weighted by Crippen LogP contribution is 2.23. The van der Waals surface area contributed by atoms with E-state index in [2.05, 4.69) is 55.6 Å². The van der Waals surface area contributed by atoms with Crippen molar-refractivity contribution in [3.05, 3.63) is 36.5 Å². The van der Waals surface area contributed by atoms with Crippen LogP contribution in [-0.2, 0) is 14.3 Å². The Kier molecular flexibility index (Phi) is 38.4. The van der Waals surface area contributed by atoms with E-state index in [0.29, 0.717) is 12.8 Å². The molecule has 0 aromatic carbocycles. The van der Waals surface area contributed by atoms with Gasteiger partial charge in [0.1, 0.15) is 36.6 Å². The number of carbonyl (C=O) groups excluding carboxylic acids is 1. The second kappa shape index (κ2) is 40.8. The molecule has 1 rings (SSSR count). The maximum Gasteiger partial charge on any atom is 0.249 e. The normalized spacial score (nSPS) is 21.6. The van der Waals surface area contributed by atoms with Crippen molar-refractivity contribution in [2.45, 2.75) is 268 Å². The fourth-order valence-electron chi connectivity index (χ4n) is 7.94. The van der Waals surface area contributed by atoms with E-state index in [1.54, 1.807) is 0 Å². The molecule has 0 bridgehead atoms. The first kappa shape index (κ1) is 58.3. The molecule has 0 saturated carbocycles. The molecule has 9 atom stereocenters. The van der Waals surface area contributed by atoms with Gasteiger partial charge < -0.3 is 50.5 Å². The van der Waals surface area contributed by atoms with Crippen molar-refractivity contribution in [3.8, 4) is 0 Å². The van der Waals surface area contributed by atoms with Crippen LogP contribution in [0.3, 0.4) is 0 Å². The number of ether oxygens (including phenoxy) is 2. The van der Waals surface area contributed by atoms with Gasteiger partial charge in [0, 0.05) is 0 Å². The highest BCUT2D eigenvalue weighted by molar-refractivity contribution is 5.80. The summed E-state index contributed by atoms with van der Waals surface area (Å²) in [7, 11) is 0. The lowest BCUT2D eigenvalue weighted by Gasteiger charge is -2.40. The maximum absolute atomic E-state index is 13.1. The molecule has 0 aromatic rings. The fourth-order valence-corrected chi connectivity index (χ4v) is 7.94. The first-order chi connectivity index (χ1) is 30.2. The van der Waals surface area contributed by atoms with Gasteiger partial charge in [-0.2, -0.15) is 0 Å². The van der Waals surface area contributed by atoms with Crippen molar-refractivity contribution in [3.63, 3.8) is 0 Å². The Morgan fingerprint density at radius 3 is 1.48 bits per heavy atom. The fraction of sp³-hybridized carbons (Fsp3) is 0.863. The lowest BCUT2D eigenvalue weighted by molar-refractivity contribution is -0.303. The van der Waals surface area contributed by atoms with Crippen molar-refractivity contribution in [1.29, 1.82) is 0 Å². The van der Waals surface area contributed by atoms with Crippen molar-refractivity contribution in [1.82, 2.24) is 5.32 Å². The first-order valence-electron chi connectivity index (χ1n) is 25.4. The molecule has 62 heavy (non-hydrogen) atoms. The minimum absolute atomic E-state index is 0.242. The molecular weight excluding hydrogens is 787 g/mol. The van der Waals surface area contributed by atoms with Crippen molar-refractivity contribution < 1.29 is 50.0 Å². The standard InChI is InChI=1S/C51H95NO10/c1-3-5-7-9-11-13-15-17-18-19-20-21-22-23-24-25-27-29-31-33-35-37-39-44(55)50(60)52-42(41-61-51-49(59)48(58)47(57)45(40-53)62-51)46(56)43(54)38-36-34-32-30-28-26-16-14-12-10-8-6-4-2/h20-21,23-24,30,32,42-49,51,53-59H,3-19,22,25-29,31,33-41H2,1-2H3,(H,52,60)/b21-20-,24-23-,32-30+. The number of allylic oxidation sites excluding steroid dienone is 6. The van der Waals surface area contributed by atoms with Crippen LogP contribution in [0, 0.1) is 0 Å². The van der Waals surface area contributed by atoms with Gasteiger partial charge in [0.05, 0.1) is 25.4 Å². The molecular formula is C51H95NO10. The summed E-state index contributed by atoms with van der Waals surface area (Å²) in [6.07, 6.45) is 36.2. The molecule has 11 heteroatoms. The Labute approximate surface area is 377 Å². The molecule has 9 unspecified atom stereocenters. The molecule has 1 amide bonds. The molecule has 0 spiro atoms. The summed E-state index contributed by atoms with van der Waals surface area (Å²) in [5, 5.41) is 75.7. The lowest BCUT2D eigenvalue weighted by Crippen LogP contribution is -2.60. The molecule has 0 radical (unpaired) electrons. The predicted octanol–water partition coefficient (Wildman–Crippen LogP) is 9.17. The second-order valence-corrected chi connectivity index (χ2v) is 17.9. The smallest absolute Gasteiger partial charge is 0.249 e. The van der Waals surface area contributed by atoms with Crippen LogP contribution in [0.4, 0.5) is 0 Å². The molecule has 1 heterocycles. The topological polar surface area (TPSA) is 189 Å². The quantitative estimate of drug-likeness (QED) is 0.0217. The van der Waals surface area contributed by atoms with E-state index < -0.39 is 74.2 Å². The number of aliphatic hydroxyl groups excluding tert-OH is 7. The van der Waals surface area contributed by atoms with E-state index in [1.165, 1.54) is 109 Å². The number of aliphatic hydroxyl groups is 7. The molecule has 1 saturated heterocycles. The van der Waals surface area contributed by atoms with E-state index >= 15 is 0 Å². The number of carbonyl (C=O) groups is 1. The zero-order chi connectivity index (χ0) is 45.5. The van der Waals surface area contributed by atoms with Gasteiger partial charge in [-0.05, 0) is 70.6 Å². The second-order valence-electron chi connectivity index (χ2n) is 17.9. The van der Waals surface area contributed by atoms with E-state index in [-0.39, 0.29) is 12.8 Å². The van der Waals surface area contributed by atoms with Crippen LogP contribution in [0.5, 0.6) is 0 Å². The van der Waals surface area contributed by atoms with Gasteiger partial charge in [-0.25, -0.2) is 0 Å². The number of hydrogen-bond acceptors (Lipinski definition) is 10. The Morgan fingerprint density at radius 2 is 1.00 bits per heavy atom. The highest BCUT2D eigenvalue weighted by Gasteiger charge is 2.44. The van der Waals surface area contributed by atoms with E-state index in [9.17, 15) is 40.5 Å². The number of nitrogens with one attached hydrogen (secondary N) is 1. The summed E-state index contributed by atoms with van der Waals surface area (Å²) >= 11 is 0. The van der Waals surface area contributed by atoms with Gasteiger partial charge in [-0.3, -0.25) is 4.79 Å². The zero-order valence-electron chi connectivity index (χ0n) is 39.4. The maximum atomic E-state index is 13.1. The van der Waals surface area contributed by atoms with Gasteiger partial charge >= 0.3 is 0 Å². The van der Waals surface area contributed by atoms with Crippen molar-refractivity contribution in [2.75, 3.05) is 13.2 Å². The molecule has 1 aliphatic heterocycles. The van der Waals surface area contributed by atoms with Crippen LogP contribution in [0.25, 0.3) is 0 Å². The predicted molar refractivity (Wildman–Crippen MR) is 252 cm³/mol. The molecule has 0 aliphatic carbocycles. The first-order valence-corrected chi connectivity index (χ1v) is 25.4. The van der Waals surface area contributed by atoms with Crippen molar-refractivity contribution in [2.24, 2.45) is 0 Å². The third-order valence-corrected chi connectivity index (χ3v) is 12.2. The van der Waals surface area contributed by atoms with Gasteiger partial charge in [0.25, 0.3) is 0 Å². The summed E-state index contributed by atoms with van der Waals surface area (Å²) in [6.45, 7) is 3.42. The molecule has 1 fully saturated rings. The lowest BCUT2D eigenvalue weighted by atomic mass is 9.98. The third kappa shape index (κ3) is 29.7. The Hall–Kier alpha value is -1.67. The molecule has 1 aliphatic rings. The van der Waals surface area contributed by atoms with Crippen LogP contribution in [-0.4, -0.2) is 110 Å². The van der Waals surface area contributed by atoms with E-state index in [0.717, 1.165) is 64.2 Å². The van der Waals surface area contributed by atoms with Crippen LogP contribution < -0.4 is 5.32 Å². The molecule has 11 nitrogen and oxygen atoms in total. The summed E-state index contributed by atoms with van der Waals surface area (Å²) in [6, 6.07) is -1.19. The van der Waals surface area contributed by atoms with Crippen LogP contribution in [0.15, 0.2) is 36.5 Å². The van der Waals surface area contributed by atoms with Gasteiger partial charge in [0.2, 0.25) is 5.91 Å². The number of amides is 1. The minimum atomic E-state index is -1.67. The van der Waals surface area contributed by atoms with E-state index in [4.69, 9.17) is 9.47 Å². The third-order valence-electron chi connectivity index (χ3n) is 12.2. The van der Waals surface area contributed by atoms with Crippen molar-refractivity contribution >= 4 is 5.91 Å². The zero-order valence-corrected chi connectivity index (χ0v) is 39.4. The van der Waals surface area contributed by atoms with Crippen LogP contribution in [0.1, 0.15) is 213 Å². The Balaban J connectivity index is 2.40. The summed E-state index contributed by atoms with van der Waals surface area (Å²) in [4.78, 5) is 13.1.